The van der Waals surface area contributed by atoms with Crippen molar-refractivity contribution >= 4 is 28.1 Å². The highest BCUT2D eigenvalue weighted by Gasteiger charge is 2.46. The number of amides is 2. The van der Waals surface area contributed by atoms with Crippen LogP contribution in [0.15, 0.2) is 28.7 Å². The molecule has 0 unspecified atom stereocenters. The van der Waals surface area contributed by atoms with Crippen molar-refractivity contribution in [1.82, 2.24) is 9.80 Å². The summed E-state index contributed by atoms with van der Waals surface area (Å²) in [6, 6.07) is 3.27. The Morgan fingerprint density at radius 3 is 2.33 bits per heavy atom. The van der Waals surface area contributed by atoms with E-state index in [4.69, 9.17) is 9.84 Å². The smallest absolute Gasteiger partial charge is 0.413 e. The fourth-order valence-electron chi connectivity index (χ4n) is 2.28. The van der Waals surface area contributed by atoms with Crippen LogP contribution < -0.4 is 0 Å². The molecule has 0 radical (unpaired) electrons. The Morgan fingerprint density at radius 1 is 1.33 bits per heavy atom. The molecular weight excluding hydrogens is 397 g/mol. The summed E-state index contributed by atoms with van der Waals surface area (Å²) >= 11 is 3.14. The molecule has 0 aromatic heterocycles. The maximum Gasteiger partial charge on any atom is 0.413 e. The predicted molar refractivity (Wildman–Crippen MR) is 80.6 cm³/mol. The molecule has 0 spiro atoms. The fourth-order valence-corrected chi connectivity index (χ4v) is 2.54. The number of carbonyl (C=O) groups excluding carboxylic acids is 1. The standard InChI is InChI=1S/C14H14BrF3N2O4/c1-19(13(23)24-10-6-20(7-10)12(21)22)11(14(16,17)18)8-2-4-9(15)5-3-8/h2-5,10-11H,6-7H2,1H3,(H,21,22)/t11-/m0/s1. The number of nitrogens with zero attached hydrogens (tertiary/aromatic N) is 2. The van der Waals surface area contributed by atoms with Crippen LogP contribution in [-0.4, -0.2) is 59.5 Å². The van der Waals surface area contributed by atoms with Crippen LogP contribution in [0.3, 0.4) is 0 Å². The summed E-state index contributed by atoms with van der Waals surface area (Å²) in [5.41, 5.74) is -0.106. The van der Waals surface area contributed by atoms with Crippen molar-refractivity contribution in [2.45, 2.75) is 18.3 Å². The van der Waals surface area contributed by atoms with Crippen LogP contribution in [0.2, 0.25) is 0 Å². The van der Waals surface area contributed by atoms with Gasteiger partial charge in [-0.3, -0.25) is 4.90 Å². The van der Waals surface area contributed by atoms with Gasteiger partial charge in [0.05, 0.1) is 13.1 Å². The number of benzene rings is 1. The maximum atomic E-state index is 13.4. The van der Waals surface area contributed by atoms with E-state index in [1.54, 1.807) is 0 Å². The fraction of sp³-hybridized carbons (Fsp3) is 0.429. The molecule has 0 saturated carbocycles. The summed E-state index contributed by atoms with van der Waals surface area (Å²) in [5, 5.41) is 8.68. The third kappa shape index (κ3) is 4.11. The van der Waals surface area contributed by atoms with Crippen LogP contribution in [0.4, 0.5) is 22.8 Å². The molecule has 1 fully saturated rings. The molecule has 2 rings (SSSR count). The summed E-state index contributed by atoms with van der Waals surface area (Å²) in [7, 11) is 0.996. The second kappa shape index (κ2) is 6.88. The number of ether oxygens (including phenoxy) is 1. The lowest BCUT2D eigenvalue weighted by Gasteiger charge is -2.38. The first-order valence-electron chi connectivity index (χ1n) is 6.83. The van der Waals surface area contributed by atoms with Crippen LogP contribution in [0.25, 0.3) is 0 Å². The molecule has 0 bridgehead atoms. The minimum absolute atomic E-state index is 0.0517. The van der Waals surface area contributed by atoms with E-state index in [0.29, 0.717) is 9.37 Å². The Bertz CT molecular complexity index is 617. The van der Waals surface area contributed by atoms with Crippen molar-refractivity contribution < 1.29 is 32.6 Å². The zero-order valence-electron chi connectivity index (χ0n) is 12.5. The van der Waals surface area contributed by atoms with Gasteiger partial charge in [0.2, 0.25) is 0 Å². The van der Waals surface area contributed by atoms with Crippen molar-refractivity contribution in [3.63, 3.8) is 0 Å². The minimum atomic E-state index is -4.69. The van der Waals surface area contributed by atoms with E-state index >= 15 is 0 Å². The van der Waals surface area contributed by atoms with E-state index in [9.17, 15) is 22.8 Å². The lowest BCUT2D eigenvalue weighted by molar-refractivity contribution is -0.180. The van der Waals surface area contributed by atoms with Crippen molar-refractivity contribution in [1.29, 1.82) is 0 Å². The summed E-state index contributed by atoms with van der Waals surface area (Å²) in [5.74, 6) is 0. The molecule has 1 aromatic carbocycles. The van der Waals surface area contributed by atoms with Crippen molar-refractivity contribution in [2.75, 3.05) is 20.1 Å². The quantitative estimate of drug-likeness (QED) is 0.827. The second-order valence-corrected chi connectivity index (χ2v) is 6.22. The SMILES string of the molecule is CN(C(=O)OC1CN(C(=O)O)C1)[C@@H](c1ccc(Br)cc1)C(F)(F)F. The Morgan fingerprint density at radius 2 is 1.88 bits per heavy atom. The number of carboxylic acid groups (broad SMARTS) is 1. The zero-order valence-corrected chi connectivity index (χ0v) is 14.0. The monoisotopic (exact) mass is 410 g/mol. The Kier molecular flexibility index (Phi) is 5.26. The normalized spacial score (nSPS) is 16.3. The molecule has 2 amide bonds. The summed E-state index contributed by atoms with van der Waals surface area (Å²) in [6.07, 6.45) is -7.75. The van der Waals surface area contributed by atoms with Crippen LogP contribution in [0, 0.1) is 0 Å². The first-order chi connectivity index (χ1) is 11.1. The van der Waals surface area contributed by atoms with Gasteiger partial charge in [0, 0.05) is 11.5 Å². The average molecular weight is 411 g/mol. The van der Waals surface area contributed by atoms with E-state index in [0.717, 1.165) is 11.9 Å². The minimum Gasteiger partial charge on any atom is -0.465 e. The zero-order chi connectivity index (χ0) is 18.1. The van der Waals surface area contributed by atoms with E-state index in [1.807, 2.05) is 0 Å². The molecule has 1 aliphatic rings. The Hall–Kier alpha value is -1.97. The van der Waals surface area contributed by atoms with Gasteiger partial charge >= 0.3 is 18.4 Å². The highest BCUT2D eigenvalue weighted by molar-refractivity contribution is 9.10. The number of likely N-dealkylation sites (tertiary alicyclic amines) is 1. The average Bonchev–Trinajstić information content (AvgIpc) is 2.42. The molecule has 1 saturated heterocycles. The largest absolute Gasteiger partial charge is 0.465 e. The number of carbonyl (C=O) groups is 2. The number of hydrogen-bond donors (Lipinski definition) is 1. The first-order valence-corrected chi connectivity index (χ1v) is 7.62. The van der Waals surface area contributed by atoms with Gasteiger partial charge < -0.3 is 14.7 Å². The molecular formula is C14H14BrF3N2O4. The van der Waals surface area contributed by atoms with Gasteiger partial charge in [-0.05, 0) is 17.7 Å². The first kappa shape index (κ1) is 18.4. The molecule has 1 atom stereocenters. The van der Waals surface area contributed by atoms with Crippen molar-refractivity contribution in [3.05, 3.63) is 34.3 Å². The number of halogens is 4. The van der Waals surface area contributed by atoms with Crippen molar-refractivity contribution in [2.24, 2.45) is 0 Å². The van der Waals surface area contributed by atoms with E-state index < -0.39 is 30.5 Å². The lowest BCUT2D eigenvalue weighted by Crippen LogP contribution is -2.56. The summed E-state index contributed by atoms with van der Waals surface area (Å²) in [6.45, 7) is -0.103. The van der Waals surface area contributed by atoms with Gasteiger partial charge in [0.25, 0.3) is 0 Å². The summed E-state index contributed by atoms with van der Waals surface area (Å²) < 4.78 is 45.6. The summed E-state index contributed by atoms with van der Waals surface area (Å²) in [4.78, 5) is 24.1. The molecule has 1 heterocycles. The Labute approximate surface area is 143 Å². The van der Waals surface area contributed by atoms with E-state index in [-0.39, 0.29) is 18.7 Å². The Balaban J connectivity index is 2.08. The van der Waals surface area contributed by atoms with Crippen LogP contribution in [0.1, 0.15) is 11.6 Å². The third-order valence-electron chi connectivity index (χ3n) is 3.56. The van der Waals surface area contributed by atoms with Gasteiger partial charge in [0.15, 0.2) is 6.04 Å². The van der Waals surface area contributed by atoms with Crippen LogP contribution in [-0.2, 0) is 4.74 Å². The van der Waals surface area contributed by atoms with Gasteiger partial charge in [0.1, 0.15) is 6.10 Å². The van der Waals surface area contributed by atoms with Gasteiger partial charge in [-0.25, -0.2) is 9.59 Å². The van der Waals surface area contributed by atoms with Gasteiger partial charge in [-0.2, -0.15) is 13.2 Å². The molecule has 132 valence electrons. The molecule has 6 nitrogen and oxygen atoms in total. The highest BCUT2D eigenvalue weighted by atomic mass is 79.9. The second-order valence-electron chi connectivity index (χ2n) is 5.30. The van der Waals surface area contributed by atoms with E-state index in [2.05, 4.69) is 15.9 Å². The molecule has 1 aromatic rings. The van der Waals surface area contributed by atoms with Crippen molar-refractivity contribution in [3.8, 4) is 0 Å². The van der Waals surface area contributed by atoms with Crippen LogP contribution >= 0.6 is 15.9 Å². The predicted octanol–water partition coefficient (Wildman–Crippen LogP) is 3.48. The molecule has 0 aliphatic carbocycles. The van der Waals surface area contributed by atoms with Gasteiger partial charge in [-0.15, -0.1) is 0 Å². The lowest BCUT2D eigenvalue weighted by atomic mass is 10.1. The number of hydrogen-bond acceptors (Lipinski definition) is 3. The molecule has 24 heavy (non-hydrogen) atoms. The number of alkyl halides is 3. The highest BCUT2D eigenvalue weighted by Crippen LogP contribution is 2.37. The topological polar surface area (TPSA) is 70.1 Å². The van der Waals surface area contributed by atoms with E-state index in [1.165, 1.54) is 24.3 Å². The molecule has 1 N–H and O–H groups in total. The van der Waals surface area contributed by atoms with Crippen LogP contribution in [0.5, 0.6) is 0 Å². The molecule has 10 heteroatoms. The molecule has 1 aliphatic heterocycles. The third-order valence-corrected chi connectivity index (χ3v) is 4.09. The maximum absolute atomic E-state index is 13.4. The van der Waals surface area contributed by atoms with Gasteiger partial charge in [-0.1, -0.05) is 28.1 Å². The number of rotatable bonds is 3.